The summed E-state index contributed by atoms with van der Waals surface area (Å²) < 4.78 is 18.4. The third-order valence-corrected chi connectivity index (χ3v) is 6.39. The standard InChI is InChI=1S/C25H28FN3O4/c1-33-12-9-27-24(31)18-5-6-21-20(15-18)23(25(32)28-21)17-7-10-29(11-8-17)22(30)14-16-3-2-4-19(26)13-16/h2-6,13,15,17,23H,7-12,14H2,1H3,(H,27,31)(H,28,32)/t23-/m0/s1. The van der Waals surface area contributed by atoms with Crippen LogP contribution in [0.4, 0.5) is 10.1 Å². The summed E-state index contributed by atoms with van der Waals surface area (Å²) in [5.41, 5.74) is 2.74. The Labute approximate surface area is 192 Å². The Balaban J connectivity index is 1.39. The van der Waals surface area contributed by atoms with Crippen LogP contribution in [-0.4, -0.2) is 56.0 Å². The molecule has 0 saturated carbocycles. The van der Waals surface area contributed by atoms with Crippen LogP contribution in [0.5, 0.6) is 0 Å². The molecule has 2 aliphatic heterocycles. The van der Waals surface area contributed by atoms with E-state index >= 15 is 0 Å². The Hall–Kier alpha value is -3.26. The van der Waals surface area contributed by atoms with Gasteiger partial charge >= 0.3 is 0 Å². The van der Waals surface area contributed by atoms with Crippen molar-refractivity contribution in [2.45, 2.75) is 25.2 Å². The first kappa shape index (κ1) is 22.9. The molecule has 0 radical (unpaired) electrons. The second kappa shape index (κ2) is 10.1. The Kier molecular flexibility index (Phi) is 7.03. The molecule has 4 rings (SSSR count). The van der Waals surface area contributed by atoms with Gasteiger partial charge in [-0.25, -0.2) is 4.39 Å². The van der Waals surface area contributed by atoms with Gasteiger partial charge in [0.25, 0.3) is 5.91 Å². The second-order valence-corrected chi connectivity index (χ2v) is 8.54. The van der Waals surface area contributed by atoms with Gasteiger partial charge in [-0.15, -0.1) is 0 Å². The van der Waals surface area contributed by atoms with Gasteiger partial charge in [-0.3, -0.25) is 14.4 Å². The SMILES string of the molecule is COCCNC(=O)c1ccc2c(c1)[C@H](C1CCN(C(=O)Cc3cccc(F)c3)CC1)C(=O)N2. The fraction of sp³-hybridized carbons (Fsp3) is 0.400. The van der Waals surface area contributed by atoms with Crippen molar-refractivity contribution < 1.29 is 23.5 Å². The van der Waals surface area contributed by atoms with Crippen LogP contribution >= 0.6 is 0 Å². The molecular weight excluding hydrogens is 425 g/mol. The second-order valence-electron chi connectivity index (χ2n) is 8.54. The van der Waals surface area contributed by atoms with Crippen molar-refractivity contribution >= 4 is 23.4 Å². The van der Waals surface area contributed by atoms with Gasteiger partial charge in [0.2, 0.25) is 11.8 Å². The fourth-order valence-corrected chi connectivity index (χ4v) is 4.68. The van der Waals surface area contributed by atoms with Gasteiger partial charge in [0.15, 0.2) is 0 Å². The van der Waals surface area contributed by atoms with Crippen molar-refractivity contribution in [3.05, 3.63) is 65.0 Å². The molecule has 0 bridgehead atoms. The van der Waals surface area contributed by atoms with Crippen molar-refractivity contribution in [1.82, 2.24) is 10.2 Å². The Morgan fingerprint density at radius 2 is 1.97 bits per heavy atom. The number of carbonyl (C=O) groups is 3. The van der Waals surface area contributed by atoms with Gasteiger partial charge in [-0.2, -0.15) is 0 Å². The van der Waals surface area contributed by atoms with Gasteiger partial charge in [0.1, 0.15) is 5.82 Å². The molecule has 2 heterocycles. The highest BCUT2D eigenvalue weighted by Gasteiger charge is 2.39. The zero-order valence-corrected chi connectivity index (χ0v) is 18.6. The molecule has 1 saturated heterocycles. The predicted octanol–water partition coefficient (Wildman–Crippen LogP) is 2.72. The summed E-state index contributed by atoms with van der Waals surface area (Å²) in [6.07, 6.45) is 1.55. The van der Waals surface area contributed by atoms with E-state index < -0.39 is 0 Å². The van der Waals surface area contributed by atoms with E-state index in [2.05, 4.69) is 10.6 Å². The Morgan fingerprint density at radius 1 is 1.18 bits per heavy atom. The highest BCUT2D eigenvalue weighted by Crippen LogP contribution is 2.41. The lowest BCUT2D eigenvalue weighted by molar-refractivity contribution is -0.132. The molecule has 33 heavy (non-hydrogen) atoms. The summed E-state index contributed by atoms with van der Waals surface area (Å²) in [6.45, 7) is 1.94. The number of amides is 3. The number of methoxy groups -OCH3 is 1. The first-order valence-electron chi connectivity index (χ1n) is 11.2. The van der Waals surface area contributed by atoms with E-state index in [1.54, 1.807) is 42.3 Å². The number of carbonyl (C=O) groups excluding carboxylic acids is 3. The predicted molar refractivity (Wildman–Crippen MR) is 121 cm³/mol. The van der Waals surface area contributed by atoms with Crippen molar-refractivity contribution in [3.8, 4) is 0 Å². The van der Waals surface area contributed by atoms with Crippen molar-refractivity contribution in [1.29, 1.82) is 0 Å². The molecule has 2 aromatic carbocycles. The smallest absolute Gasteiger partial charge is 0.251 e. The number of rotatable bonds is 7. The van der Waals surface area contributed by atoms with E-state index in [1.807, 2.05) is 0 Å². The minimum absolute atomic E-state index is 0.0367. The van der Waals surface area contributed by atoms with Gasteiger partial charge in [0, 0.05) is 38.0 Å². The monoisotopic (exact) mass is 453 g/mol. The van der Waals surface area contributed by atoms with Crippen LogP contribution in [0.1, 0.15) is 40.2 Å². The average molecular weight is 454 g/mol. The van der Waals surface area contributed by atoms with Gasteiger partial charge in [0.05, 0.1) is 18.9 Å². The van der Waals surface area contributed by atoms with Gasteiger partial charge in [-0.05, 0) is 60.2 Å². The summed E-state index contributed by atoms with van der Waals surface area (Å²) in [6, 6.07) is 11.4. The van der Waals surface area contributed by atoms with Crippen molar-refractivity contribution in [3.63, 3.8) is 0 Å². The zero-order valence-electron chi connectivity index (χ0n) is 18.6. The molecule has 0 aromatic heterocycles. The number of hydrogen-bond acceptors (Lipinski definition) is 4. The zero-order chi connectivity index (χ0) is 23.4. The third-order valence-electron chi connectivity index (χ3n) is 6.39. The quantitative estimate of drug-likeness (QED) is 0.631. The van der Waals surface area contributed by atoms with Crippen LogP contribution in [-0.2, 0) is 20.7 Å². The van der Waals surface area contributed by atoms with E-state index in [0.29, 0.717) is 50.2 Å². The van der Waals surface area contributed by atoms with Crippen LogP contribution in [0.2, 0.25) is 0 Å². The lowest BCUT2D eigenvalue weighted by Gasteiger charge is -2.34. The van der Waals surface area contributed by atoms with E-state index in [-0.39, 0.29) is 41.8 Å². The first-order chi connectivity index (χ1) is 16.0. The largest absolute Gasteiger partial charge is 0.383 e. The first-order valence-corrected chi connectivity index (χ1v) is 11.2. The molecule has 8 heteroatoms. The maximum atomic E-state index is 13.4. The minimum Gasteiger partial charge on any atom is -0.383 e. The molecule has 0 unspecified atom stereocenters. The van der Waals surface area contributed by atoms with Crippen LogP contribution in [0.15, 0.2) is 42.5 Å². The third kappa shape index (κ3) is 5.22. The number of ether oxygens (including phenoxy) is 1. The maximum Gasteiger partial charge on any atom is 0.251 e. The van der Waals surface area contributed by atoms with Crippen LogP contribution in [0.25, 0.3) is 0 Å². The number of nitrogens with one attached hydrogen (secondary N) is 2. The molecule has 3 amide bonds. The number of hydrogen-bond donors (Lipinski definition) is 2. The molecular formula is C25H28FN3O4. The highest BCUT2D eigenvalue weighted by molar-refractivity contribution is 6.04. The number of fused-ring (bicyclic) bond motifs is 1. The van der Waals surface area contributed by atoms with E-state index in [1.165, 1.54) is 12.1 Å². The number of likely N-dealkylation sites (tertiary alicyclic amines) is 1. The Bertz CT molecular complexity index is 1050. The molecule has 2 aromatic rings. The van der Waals surface area contributed by atoms with E-state index in [0.717, 1.165) is 11.3 Å². The summed E-state index contributed by atoms with van der Waals surface area (Å²) in [5, 5.41) is 5.73. The molecule has 0 spiro atoms. The van der Waals surface area contributed by atoms with Crippen molar-refractivity contribution in [2.75, 3.05) is 38.7 Å². The fourth-order valence-electron chi connectivity index (χ4n) is 4.68. The molecule has 2 aliphatic rings. The summed E-state index contributed by atoms with van der Waals surface area (Å²) >= 11 is 0. The topological polar surface area (TPSA) is 87.7 Å². The summed E-state index contributed by atoms with van der Waals surface area (Å²) in [4.78, 5) is 39.7. The summed E-state index contributed by atoms with van der Waals surface area (Å²) in [7, 11) is 1.57. The highest BCUT2D eigenvalue weighted by atomic mass is 19.1. The molecule has 1 fully saturated rings. The normalized spacial score (nSPS) is 18.1. The van der Waals surface area contributed by atoms with E-state index in [9.17, 15) is 18.8 Å². The van der Waals surface area contributed by atoms with Crippen LogP contribution in [0, 0.1) is 11.7 Å². The molecule has 174 valence electrons. The number of benzene rings is 2. The lowest BCUT2D eigenvalue weighted by atomic mass is 9.80. The Morgan fingerprint density at radius 3 is 2.70 bits per heavy atom. The molecule has 0 aliphatic carbocycles. The number of anilines is 1. The average Bonchev–Trinajstić information content (AvgIpc) is 3.14. The van der Waals surface area contributed by atoms with Crippen LogP contribution in [0.3, 0.4) is 0 Å². The summed E-state index contributed by atoms with van der Waals surface area (Å²) in [5.74, 6) is -0.914. The van der Waals surface area contributed by atoms with Gasteiger partial charge in [-0.1, -0.05) is 12.1 Å². The number of halogens is 1. The minimum atomic E-state index is -0.350. The molecule has 7 nitrogen and oxygen atoms in total. The molecule has 2 N–H and O–H groups in total. The van der Waals surface area contributed by atoms with Crippen molar-refractivity contribution in [2.24, 2.45) is 5.92 Å². The number of nitrogens with zero attached hydrogens (tertiary/aromatic N) is 1. The number of piperidine rings is 1. The molecule has 1 atom stereocenters. The van der Waals surface area contributed by atoms with E-state index in [4.69, 9.17) is 4.74 Å². The maximum absolute atomic E-state index is 13.4. The lowest BCUT2D eigenvalue weighted by Crippen LogP contribution is -2.41. The van der Waals surface area contributed by atoms with Gasteiger partial charge < -0.3 is 20.3 Å². The van der Waals surface area contributed by atoms with Crippen LogP contribution < -0.4 is 10.6 Å².